The lowest BCUT2D eigenvalue weighted by atomic mass is 10.0. The van der Waals surface area contributed by atoms with Gasteiger partial charge in [-0.3, -0.25) is 0 Å². The first-order valence-corrected chi connectivity index (χ1v) is 17.1. The topological polar surface area (TPSA) is 60.0 Å². The zero-order valence-corrected chi connectivity index (χ0v) is 27.7. The minimum absolute atomic E-state index is 0.769. The van der Waals surface area contributed by atoms with Crippen molar-refractivity contribution in [1.29, 1.82) is 0 Å². The second kappa shape index (κ2) is 10.8. The Labute approximate surface area is 283 Å². The molecule has 11 aliphatic rings. The number of aromatic amines is 1. The molecule has 0 radical (unpaired) electrons. The van der Waals surface area contributed by atoms with Gasteiger partial charge >= 0.3 is 0 Å². The number of benzene rings is 6. The van der Waals surface area contributed by atoms with Crippen LogP contribution in [-0.4, -0.2) is 28.0 Å². The average Bonchev–Trinajstić information content (AvgIpc) is 3.93. The second-order valence-electron chi connectivity index (χ2n) is 12.7. The molecule has 6 aromatic carbocycles. The molecule has 0 spiro atoms. The Hall–Kier alpha value is -5.98. The molecule has 0 saturated heterocycles. The predicted molar refractivity (Wildman–Crippen MR) is 194 cm³/mol. The SMILES string of the molecule is COc1c2c3c(OC)c4[nH]c(cc14)=c1ccc(cc1)=c1ccc(cc1)=c1ccc(c4nsnc14)=c1ccc(cc1)=c1ccc(cc1)=C(C=3)C2. The number of rotatable bonds is 2. The van der Waals surface area contributed by atoms with Gasteiger partial charge in [-0.15, -0.1) is 0 Å². The van der Waals surface area contributed by atoms with Crippen LogP contribution >= 0.6 is 11.7 Å². The van der Waals surface area contributed by atoms with Gasteiger partial charge in [0.25, 0.3) is 0 Å². The minimum Gasteiger partial charge on any atom is -0.496 e. The maximum atomic E-state index is 6.11. The van der Waals surface area contributed by atoms with E-state index in [1.165, 1.54) is 33.0 Å². The Kier molecular flexibility index (Phi) is 6.17. The number of nitrogens with zero attached hydrogens (tertiary/aromatic N) is 2. The molecule has 0 amide bonds. The Morgan fingerprint density at radius 1 is 0.551 bits per heavy atom. The molecule has 0 saturated carbocycles. The molecule has 1 N–H and O–H groups in total. The Bertz CT molecular complexity index is 3260. The van der Waals surface area contributed by atoms with Crippen molar-refractivity contribution in [3.05, 3.63) is 184 Å². The summed E-state index contributed by atoms with van der Waals surface area (Å²) in [4.78, 5) is 3.67. The first-order valence-electron chi connectivity index (χ1n) is 16.3. The van der Waals surface area contributed by atoms with Crippen molar-refractivity contribution in [2.24, 2.45) is 0 Å². The zero-order chi connectivity index (χ0) is 32.6. The van der Waals surface area contributed by atoms with Crippen molar-refractivity contribution in [2.45, 2.75) is 6.42 Å². The highest BCUT2D eigenvalue weighted by Gasteiger charge is 2.23. The average molecular weight is 652 g/mol. The largest absolute Gasteiger partial charge is 0.496 e. The predicted octanol–water partition coefficient (Wildman–Crippen LogP) is 7.13. The van der Waals surface area contributed by atoms with Crippen LogP contribution in [0.3, 0.4) is 0 Å². The Balaban J connectivity index is 1.34. The van der Waals surface area contributed by atoms with Gasteiger partial charge in [0.15, 0.2) is 5.75 Å². The Morgan fingerprint density at radius 2 is 1.02 bits per heavy atom. The van der Waals surface area contributed by atoms with Crippen molar-refractivity contribution in [1.82, 2.24) is 13.7 Å². The van der Waals surface area contributed by atoms with Gasteiger partial charge in [0, 0.05) is 38.4 Å². The lowest BCUT2D eigenvalue weighted by molar-refractivity contribution is 0.404. The van der Waals surface area contributed by atoms with Gasteiger partial charge in [-0.1, -0.05) is 109 Å². The molecule has 8 aromatic rings. The van der Waals surface area contributed by atoms with Gasteiger partial charge in [-0.05, 0) is 59.5 Å². The molecule has 3 aliphatic carbocycles. The van der Waals surface area contributed by atoms with Crippen LogP contribution in [0.2, 0.25) is 0 Å². The molecule has 0 atom stereocenters. The van der Waals surface area contributed by atoms with Crippen molar-refractivity contribution >= 4 is 45.3 Å². The normalized spacial score (nSPS) is 12.7. The number of hydrogen-bond donors (Lipinski definition) is 1. The highest BCUT2D eigenvalue weighted by atomic mass is 32.1. The van der Waals surface area contributed by atoms with Crippen LogP contribution in [0.15, 0.2) is 115 Å². The molecule has 2 aromatic heterocycles. The number of hydrogen-bond acceptors (Lipinski definition) is 5. The minimum atomic E-state index is 0.769. The van der Waals surface area contributed by atoms with E-state index in [-0.39, 0.29) is 0 Å². The van der Waals surface area contributed by atoms with Crippen molar-refractivity contribution < 1.29 is 9.47 Å². The fourth-order valence-electron chi connectivity index (χ4n) is 7.64. The van der Waals surface area contributed by atoms with Gasteiger partial charge in [0.05, 0.1) is 31.5 Å². The van der Waals surface area contributed by atoms with Crippen molar-refractivity contribution in [3.8, 4) is 11.5 Å². The van der Waals surface area contributed by atoms with E-state index in [0.717, 1.165) is 92.5 Å². The van der Waals surface area contributed by atoms with Gasteiger partial charge < -0.3 is 14.5 Å². The summed E-state index contributed by atoms with van der Waals surface area (Å²) < 4.78 is 21.7. The van der Waals surface area contributed by atoms with E-state index >= 15 is 0 Å². The fourth-order valence-corrected chi connectivity index (χ4v) is 8.21. The number of nitrogens with one attached hydrogen (secondary N) is 1. The molecule has 16 bridgehead atoms. The molecular weight excluding hydrogens is 623 g/mol. The maximum absolute atomic E-state index is 6.11. The smallest absolute Gasteiger partial charge is 0.150 e. The van der Waals surface area contributed by atoms with E-state index in [2.05, 4.69) is 126 Å². The van der Waals surface area contributed by atoms with Crippen LogP contribution < -0.4 is 19.9 Å². The molecule has 10 heterocycles. The third-order valence-electron chi connectivity index (χ3n) is 10.2. The van der Waals surface area contributed by atoms with Gasteiger partial charge in [0.2, 0.25) is 0 Å². The van der Waals surface area contributed by atoms with Crippen LogP contribution in [0.1, 0.15) is 5.56 Å². The standard InChI is InChI=1S/C43H29N3O2S/c1-47-42-35-21-32-22-36(35)43(48-2)41-37(42)23-38(44-41)31-17-11-27(12-18-31)26-9-15-30(16-10-26)34-20-19-33(39-40(34)46-49-45-39)29-13-7-25(8-14-29)24-3-5-28(32)6-4-24/h3-20,22-23,44H,21H2,1-2H3. The summed E-state index contributed by atoms with van der Waals surface area (Å²) in [5.41, 5.74) is 5.21. The summed E-state index contributed by atoms with van der Waals surface area (Å²) in [6, 6.07) is 41.6. The molecule has 5 nitrogen and oxygen atoms in total. The van der Waals surface area contributed by atoms with Crippen LogP contribution in [0.5, 0.6) is 11.5 Å². The molecule has 6 heteroatoms. The van der Waals surface area contributed by atoms with Gasteiger partial charge in [-0.2, -0.15) is 8.75 Å². The summed E-state index contributed by atoms with van der Waals surface area (Å²) in [6.45, 7) is 0. The summed E-state index contributed by atoms with van der Waals surface area (Å²) >= 11 is 1.27. The molecule has 8 aliphatic heterocycles. The van der Waals surface area contributed by atoms with Crippen LogP contribution in [0.4, 0.5) is 0 Å². The van der Waals surface area contributed by atoms with Gasteiger partial charge in [0.1, 0.15) is 16.8 Å². The monoisotopic (exact) mass is 651 g/mol. The van der Waals surface area contributed by atoms with E-state index in [1.54, 1.807) is 14.2 Å². The maximum Gasteiger partial charge on any atom is 0.150 e. The number of methoxy groups -OCH3 is 2. The van der Waals surface area contributed by atoms with E-state index in [4.69, 9.17) is 18.2 Å². The number of ether oxygens (including phenoxy) is 2. The highest BCUT2D eigenvalue weighted by molar-refractivity contribution is 7.00. The van der Waals surface area contributed by atoms with Gasteiger partial charge in [-0.25, -0.2) is 0 Å². The summed E-state index contributed by atoms with van der Waals surface area (Å²) in [7, 11) is 3.51. The molecular formula is C43H29N3O2S. The summed E-state index contributed by atoms with van der Waals surface area (Å²) in [5, 5.41) is 14.5. The Morgan fingerprint density at radius 3 is 1.53 bits per heavy atom. The first-order chi connectivity index (χ1) is 24.2. The summed E-state index contributed by atoms with van der Waals surface area (Å²) in [5.74, 6) is 1.74. The molecule has 0 unspecified atom stereocenters. The van der Waals surface area contributed by atoms with Crippen LogP contribution in [0, 0.1) is 52.3 Å². The zero-order valence-electron chi connectivity index (χ0n) is 26.9. The third kappa shape index (κ3) is 4.31. The molecule has 19 rings (SSSR count). The lowest BCUT2D eigenvalue weighted by Gasteiger charge is -2.11. The van der Waals surface area contributed by atoms with E-state index in [1.807, 2.05) is 0 Å². The number of H-pyrrole nitrogens is 1. The quantitative estimate of drug-likeness (QED) is 0.216. The van der Waals surface area contributed by atoms with Crippen molar-refractivity contribution in [2.75, 3.05) is 14.2 Å². The van der Waals surface area contributed by atoms with E-state index in [9.17, 15) is 0 Å². The molecule has 0 fully saturated rings. The molecule has 234 valence electrons. The summed E-state index contributed by atoms with van der Waals surface area (Å²) in [6.07, 6.45) is 3.03. The van der Waals surface area contributed by atoms with Crippen molar-refractivity contribution in [3.63, 3.8) is 0 Å². The van der Waals surface area contributed by atoms with E-state index in [0.29, 0.717) is 0 Å². The van der Waals surface area contributed by atoms with E-state index < -0.39 is 0 Å². The van der Waals surface area contributed by atoms with Crippen LogP contribution in [0.25, 0.3) is 33.6 Å². The lowest BCUT2D eigenvalue weighted by Crippen LogP contribution is -2.10. The van der Waals surface area contributed by atoms with Crippen LogP contribution in [-0.2, 0) is 6.42 Å². The highest BCUT2D eigenvalue weighted by Crippen LogP contribution is 2.36. The second-order valence-corrected chi connectivity index (χ2v) is 13.2. The number of aromatic nitrogens is 3. The molecule has 49 heavy (non-hydrogen) atoms. The fraction of sp³-hybridized carbons (Fsp3) is 0.0698. The first kappa shape index (κ1) is 28.1. The third-order valence-corrected chi connectivity index (χ3v) is 10.7.